The Morgan fingerprint density at radius 1 is 1.30 bits per heavy atom. The normalized spacial score (nSPS) is 12.0. The molecule has 3 aromatic rings. The Morgan fingerprint density at radius 2 is 1.96 bits per heavy atom. The van der Waals surface area contributed by atoms with E-state index in [9.17, 15) is 14.4 Å². The van der Waals surface area contributed by atoms with E-state index < -0.39 is 17.5 Å². The third-order valence-electron chi connectivity index (χ3n) is 4.25. The van der Waals surface area contributed by atoms with E-state index in [1.807, 2.05) is 0 Å². The van der Waals surface area contributed by atoms with Gasteiger partial charge in [-0.25, -0.2) is 4.98 Å². The number of thiophene rings is 1. The predicted octanol–water partition coefficient (Wildman–Crippen LogP) is 2.07. The number of hydrogen-bond acceptors (Lipinski definition) is 6. The lowest BCUT2D eigenvalue weighted by atomic mass is 10.2. The molecule has 0 radical (unpaired) electrons. The zero-order valence-electron chi connectivity index (χ0n) is 15.0. The second-order valence-electron chi connectivity index (χ2n) is 5.95. The molecule has 0 aliphatic heterocycles. The summed E-state index contributed by atoms with van der Waals surface area (Å²) >= 11 is 1.07. The van der Waals surface area contributed by atoms with Gasteiger partial charge in [0.15, 0.2) is 0 Å². The van der Waals surface area contributed by atoms with Gasteiger partial charge in [-0.1, -0.05) is 0 Å². The van der Waals surface area contributed by atoms with Gasteiger partial charge in [-0.2, -0.15) is 0 Å². The number of nitrogens with zero attached hydrogens (tertiary/aromatic N) is 2. The fourth-order valence-corrected chi connectivity index (χ4v) is 3.69. The smallest absolute Gasteiger partial charge is 0.263 e. The van der Waals surface area contributed by atoms with Crippen molar-refractivity contribution in [2.24, 2.45) is 5.73 Å². The number of fused-ring (bicyclic) bond motifs is 1. The van der Waals surface area contributed by atoms with Crippen LogP contribution in [0.5, 0.6) is 5.75 Å². The topological polar surface area (TPSA) is 116 Å². The minimum atomic E-state index is -0.798. The number of anilines is 1. The van der Waals surface area contributed by atoms with Crippen LogP contribution >= 0.6 is 11.3 Å². The second kappa shape index (κ2) is 7.20. The van der Waals surface area contributed by atoms with Crippen molar-refractivity contribution < 1.29 is 14.3 Å². The van der Waals surface area contributed by atoms with Crippen LogP contribution in [0.2, 0.25) is 0 Å². The first kappa shape index (κ1) is 18.6. The highest BCUT2D eigenvalue weighted by molar-refractivity contribution is 7.20. The number of aryl methyl sites for hydroxylation is 1. The first-order valence-corrected chi connectivity index (χ1v) is 8.90. The van der Waals surface area contributed by atoms with E-state index in [0.29, 0.717) is 32.1 Å². The molecule has 1 atom stereocenters. The summed E-state index contributed by atoms with van der Waals surface area (Å²) in [6.45, 7) is 3.25. The van der Waals surface area contributed by atoms with E-state index in [4.69, 9.17) is 10.5 Å². The van der Waals surface area contributed by atoms with Crippen molar-refractivity contribution in [3.63, 3.8) is 0 Å². The molecule has 0 aliphatic carbocycles. The molecule has 2 amide bonds. The van der Waals surface area contributed by atoms with Gasteiger partial charge in [0.05, 0.1) is 23.7 Å². The molecule has 3 N–H and O–H groups in total. The first-order chi connectivity index (χ1) is 12.8. The number of benzene rings is 1. The minimum Gasteiger partial charge on any atom is -0.497 e. The van der Waals surface area contributed by atoms with Crippen LogP contribution in [0.1, 0.15) is 28.2 Å². The third-order valence-corrected chi connectivity index (χ3v) is 5.47. The molecule has 1 aromatic carbocycles. The SMILES string of the molecule is COc1ccc(NC(=O)C(C)n2cnc3sc(C(N)=O)c(C)c3c2=O)cc1. The number of ether oxygens (including phenoxy) is 1. The average molecular weight is 386 g/mol. The van der Waals surface area contributed by atoms with Crippen LogP contribution < -0.4 is 21.3 Å². The van der Waals surface area contributed by atoms with Crippen molar-refractivity contribution in [3.05, 3.63) is 51.4 Å². The van der Waals surface area contributed by atoms with Gasteiger partial charge >= 0.3 is 0 Å². The van der Waals surface area contributed by atoms with E-state index in [0.717, 1.165) is 11.3 Å². The lowest BCUT2D eigenvalue weighted by Crippen LogP contribution is -2.31. The summed E-state index contributed by atoms with van der Waals surface area (Å²) in [7, 11) is 1.56. The molecule has 0 spiro atoms. The number of hydrogen-bond donors (Lipinski definition) is 2. The number of carbonyl (C=O) groups excluding carboxylic acids is 2. The lowest BCUT2D eigenvalue weighted by Gasteiger charge is -2.15. The fourth-order valence-electron chi connectivity index (χ4n) is 2.70. The third kappa shape index (κ3) is 3.41. The maximum Gasteiger partial charge on any atom is 0.263 e. The largest absolute Gasteiger partial charge is 0.497 e. The summed E-state index contributed by atoms with van der Waals surface area (Å²) in [6, 6.07) is 6.05. The quantitative estimate of drug-likeness (QED) is 0.696. The highest BCUT2D eigenvalue weighted by atomic mass is 32.1. The highest BCUT2D eigenvalue weighted by Gasteiger charge is 2.22. The maximum atomic E-state index is 12.8. The molecule has 2 heterocycles. The molecule has 1 unspecified atom stereocenters. The van der Waals surface area contributed by atoms with Gasteiger partial charge in [-0.15, -0.1) is 11.3 Å². The summed E-state index contributed by atoms with van der Waals surface area (Å²) in [5.74, 6) is -0.303. The number of methoxy groups -OCH3 is 1. The molecular formula is C18H18N4O4S. The second-order valence-corrected chi connectivity index (χ2v) is 6.95. The number of nitrogens with two attached hydrogens (primary N) is 1. The zero-order valence-corrected chi connectivity index (χ0v) is 15.8. The van der Waals surface area contributed by atoms with Gasteiger partial charge < -0.3 is 15.8 Å². The minimum absolute atomic E-state index is 0.294. The van der Waals surface area contributed by atoms with Gasteiger partial charge in [0.1, 0.15) is 16.6 Å². The fraction of sp³-hybridized carbons (Fsp3) is 0.222. The van der Waals surface area contributed by atoms with E-state index in [1.165, 1.54) is 10.9 Å². The van der Waals surface area contributed by atoms with Crippen LogP contribution in [0.4, 0.5) is 5.69 Å². The van der Waals surface area contributed by atoms with Crippen molar-refractivity contribution in [3.8, 4) is 5.75 Å². The summed E-state index contributed by atoms with van der Waals surface area (Å²) in [5.41, 5.74) is 6.02. The number of primary amides is 1. The lowest BCUT2D eigenvalue weighted by molar-refractivity contribution is -0.118. The van der Waals surface area contributed by atoms with Crippen LogP contribution in [-0.4, -0.2) is 28.5 Å². The first-order valence-electron chi connectivity index (χ1n) is 8.08. The Labute approximate surface area is 158 Å². The molecule has 8 nitrogen and oxygen atoms in total. The molecule has 0 saturated heterocycles. The maximum absolute atomic E-state index is 12.8. The van der Waals surface area contributed by atoms with Crippen LogP contribution in [0.15, 0.2) is 35.4 Å². The standard InChI is InChI=1S/C18H18N4O4S/c1-9-13-17(27-14(9)15(19)23)20-8-22(18(13)25)10(2)16(24)21-11-4-6-12(26-3)7-5-11/h4-8,10H,1-3H3,(H2,19,23)(H,21,24). The van der Waals surface area contributed by atoms with Crippen LogP contribution in [-0.2, 0) is 4.79 Å². The Morgan fingerprint density at radius 3 is 2.56 bits per heavy atom. The van der Waals surface area contributed by atoms with Crippen molar-refractivity contribution in [2.45, 2.75) is 19.9 Å². The molecule has 0 aliphatic rings. The van der Waals surface area contributed by atoms with Gasteiger partial charge in [0.25, 0.3) is 11.5 Å². The Bertz CT molecular complexity index is 1090. The Hall–Kier alpha value is -3.20. The van der Waals surface area contributed by atoms with Crippen molar-refractivity contribution in [1.29, 1.82) is 0 Å². The van der Waals surface area contributed by atoms with Gasteiger partial charge in [-0.05, 0) is 43.7 Å². The van der Waals surface area contributed by atoms with Gasteiger partial charge in [-0.3, -0.25) is 19.0 Å². The molecular weight excluding hydrogens is 368 g/mol. The molecule has 27 heavy (non-hydrogen) atoms. The molecule has 140 valence electrons. The van der Waals surface area contributed by atoms with E-state index >= 15 is 0 Å². The van der Waals surface area contributed by atoms with Crippen molar-refractivity contribution in [2.75, 3.05) is 12.4 Å². The number of amides is 2. The molecule has 3 rings (SSSR count). The Balaban J connectivity index is 1.92. The van der Waals surface area contributed by atoms with Crippen molar-refractivity contribution >= 4 is 39.1 Å². The van der Waals surface area contributed by atoms with Crippen molar-refractivity contribution in [1.82, 2.24) is 9.55 Å². The Kier molecular flexibility index (Phi) is 4.95. The predicted molar refractivity (Wildman–Crippen MR) is 103 cm³/mol. The average Bonchev–Trinajstić information content (AvgIpc) is 3.00. The zero-order chi connectivity index (χ0) is 19.7. The summed E-state index contributed by atoms with van der Waals surface area (Å²) in [5, 5.41) is 3.06. The van der Waals surface area contributed by atoms with E-state index in [1.54, 1.807) is 45.2 Å². The molecule has 9 heteroatoms. The summed E-state index contributed by atoms with van der Waals surface area (Å²) < 4.78 is 6.32. The highest BCUT2D eigenvalue weighted by Crippen LogP contribution is 2.26. The number of aromatic nitrogens is 2. The van der Waals surface area contributed by atoms with Crippen LogP contribution in [0.25, 0.3) is 10.2 Å². The van der Waals surface area contributed by atoms with E-state index in [-0.39, 0.29) is 5.91 Å². The van der Waals surface area contributed by atoms with Gasteiger partial charge in [0.2, 0.25) is 5.91 Å². The molecule has 2 aromatic heterocycles. The number of rotatable bonds is 5. The van der Waals surface area contributed by atoms with Gasteiger partial charge in [0, 0.05) is 5.69 Å². The number of carbonyl (C=O) groups is 2. The van der Waals surface area contributed by atoms with Crippen LogP contribution in [0, 0.1) is 6.92 Å². The number of nitrogens with one attached hydrogen (secondary N) is 1. The van der Waals surface area contributed by atoms with E-state index in [2.05, 4.69) is 10.3 Å². The monoisotopic (exact) mass is 386 g/mol. The summed E-state index contributed by atoms with van der Waals surface area (Å²) in [6.07, 6.45) is 1.31. The summed E-state index contributed by atoms with van der Waals surface area (Å²) in [4.78, 5) is 41.8. The molecule has 0 fully saturated rings. The molecule has 0 saturated carbocycles. The van der Waals surface area contributed by atoms with Crippen LogP contribution in [0.3, 0.4) is 0 Å². The molecule has 0 bridgehead atoms.